The van der Waals surface area contributed by atoms with Crippen molar-refractivity contribution in [1.29, 1.82) is 0 Å². The topological polar surface area (TPSA) is 17.1 Å². The lowest BCUT2D eigenvalue weighted by Crippen LogP contribution is -2.06. The van der Waals surface area contributed by atoms with Crippen molar-refractivity contribution in [2.75, 3.05) is 0 Å². The van der Waals surface area contributed by atoms with Crippen molar-refractivity contribution in [2.45, 2.75) is 37.4 Å². The van der Waals surface area contributed by atoms with E-state index in [0.29, 0.717) is 5.25 Å². The lowest BCUT2D eigenvalue weighted by Gasteiger charge is -2.18. The van der Waals surface area contributed by atoms with Gasteiger partial charge in [0.15, 0.2) is 12.1 Å². The molecule has 0 aliphatic heterocycles. The zero-order valence-corrected chi connectivity index (χ0v) is 7.78. The SMILES string of the molecule is O=C/C(F)=C/SC1CCCCC1. The van der Waals surface area contributed by atoms with E-state index >= 15 is 0 Å². The van der Waals surface area contributed by atoms with E-state index in [9.17, 15) is 9.18 Å². The summed E-state index contributed by atoms with van der Waals surface area (Å²) in [5, 5.41) is 1.87. The van der Waals surface area contributed by atoms with E-state index in [1.807, 2.05) is 0 Å². The first-order valence-corrected chi connectivity index (χ1v) is 5.23. The summed E-state index contributed by atoms with van der Waals surface area (Å²) in [6, 6.07) is 0. The van der Waals surface area contributed by atoms with Gasteiger partial charge in [-0.05, 0) is 12.8 Å². The molecule has 1 aliphatic rings. The van der Waals surface area contributed by atoms with Gasteiger partial charge in [0.2, 0.25) is 0 Å². The number of rotatable bonds is 3. The maximum Gasteiger partial charge on any atom is 0.178 e. The molecule has 0 heterocycles. The van der Waals surface area contributed by atoms with Crippen molar-refractivity contribution >= 4 is 18.0 Å². The molecule has 0 bridgehead atoms. The first-order chi connectivity index (χ1) is 5.83. The second-order valence-electron chi connectivity index (χ2n) is 3.02. The monoisotopic (exact) mass is 188 g/mol. The highest BCUT2D eigenvalue weighted by Gasteiger charge is 2.12. The highest BCUT2D eigenvalue weighted by atomic mass is 32.2. The molecule has 1 saturated carbocycles. The molecule has 12 heavy (non-hydrogen) atoms. The number of carbonyl (C=O) groups is 1. The summed E-state index contributed by atoms with van der Waals surface area (Å²) >= 11 is 1.46. The number of thioether (sulfide) groups is 1. The van der Waals surface area contributed by atoms with E-state index in [1.54, 1.807) is 0 Å². The molecule has 0 aromatic heterocycles. The summed E-state index contributed by atoms with van der Waals surface area (Å²) in [5.74, 6) is -0.648. The molecule has 68 valence electrons. The molecule has 0 aromatic carbocycles. The number of allylic oxidation sites excluding steroid dienone is 1. The van der Waals surface area contributed by atoms with E-state index in [4.69, 9.17) is 0 Å². The summed E-state index contributed by atoms with van der Waals surface area (Å²) in [4.78, 5) is 9.92. The zero-order chi connectivity index (χ0) is 8.81. The summed E-state index contributed by atoms with van der Waals surface area (Å²) < 4.78 is 12.4. The smallest absolute Gasteiger partial charge is 0.178 e. The Morgan fingerprint density at radius 1 is 1.33 bits per heavy atom. The Hall–Kier alpha value is -0.310. The summed E-state index contributed by atoms with van der Waals surface area (Å²) in [5.41, 5.74) is 0. The van der Waals surface area contributed by atoms with E-state index in [2.05, 4.69) is 0 Å². The average molecular weight is 188 g/mol. The molecule has 1 aliphatic carbocycles. The predicted molar refractivity (Wildman–Crippen MR) is 49.7 cm³/mol. The standard InChI is InChI=1S/C9H13FOS/c10-8(6-11)7-12-9-4-2-1-3-5-9/h6-7,9H,1-5H2/b8-7-. The van der Waals surface area contributed by atoms with Gasteiger partial charge < -0.3 is 0 Å². The molecule has 0 aromatic rings. The van der Waals surface area contributed by atoms with Crippen molar-refractivity contribution in [1.82, 2.24) is 0 Å². The second kappa shape index (κ2) is 5.36. The molecule has 1 rings (SSSR count). The highest BCUT2D eigenvalue weighted by Crippen LogP contribution is 2.29. The minimum Gasteiger partial charge on any atom is -0.295 e. The quantitative estimate of drug-likeness (QED) is 0.500. The van der Waals surface area contributed by atoms with Crippen LogP contribution >= 0.6 is 11.8 Å². The number of carbonyl (C=O) groups excluding carboxylic acids is 1. The van der Waals surface area contributed by atoms with Crippen LogP contribution in [-0.4, -0.2) is 11.5 Å². The molecule has 0 radical (unpaired) electrons. The Morgan fingerprint density at radius 3 is 2.58 bits per heavy atom. The van der Waals surface area contributed by atoms with Gasteiger partial charge in [-0.25, -0.2) is 4.39 Å². The van der Waals surface area contributed by atoms with Crippen LogP contribution in [0.5, 0.6) is 0 Å². The fraction of sp³-hybridized carbons (Fsp3) is 0.667. The van der Waals surface area contributed by atoms with Crippen molar-refractivity contribution in [3.05, 3.63) is 11.2 Å². The molecular formula is C9H13FOS. The summed E-state index contributed by atoms with van der Waals surface area (Å²) in [6.07, 6.45) is 6.37. The van der Waals surface area contributed by atoms with Crippen molar-refractivity contribution < 1.29 is 9.18 Å². The minimum atomic E-state index is -0.648. The predicted octanol–water partition coefficient (Wildman–Crippen LogP) is 3.06. The third-order valence-corrected chi connectivity index (χ3v) is 3.26. The van der Waals surface area contributed by atoms with Gasteiger partial charge in [-0.3, -0.25) is 4.79 Å². The van der Waals surface area contributed by atoms with Crippen LogP contribution in [0.15, 0.2) is 11.2 Å². The van der Waals surface area contributed by atoms with Crippen LogP contribution in [0, 0.1) is 0 Å². The van der Waals surface area contributed by atoms with E-state index in [-0.39, 0.29) is 6.29 Å². The molecular weight excluding hydrogens is 175 g/mol. The van der Waals surface area contributed by atoms with E-state index < -0.39 is 5.83 Å². The number of hydrogen-bond donors (Lipinski definition) is 0. The van der Waals surface area contributed by atoms with Crippen LogP contribution < -0.4 is 0 Å². The zero-order valence-electron chi connectivity index (χ0n) is 6.96. The van der Waals surface area contributed by atoms with Crippen LogP contribution in [0.4, 0.5) is 4.39 Å². The Labute approximate surface area is 76.4 Å². The van der Waals surface area contributed by atoms with Crippen LogP contribution in [0.2, 0.25) is 0 Å². The van der Waals surface area contributed by atoms with Gasteiger partial charge in [-0.15, -0.1) is 11.8 Å². The fourth-order valence-corrected chi connectivity index (χ4v) is 2.37. The highest BCUT2D eigenvalue weighted by molar-refractivity contribution is 8.02. The molecule has 1 nitrogen and oxygen atoms in total. The normalized spacial score (nSPS) is 20.9. The lowest BCUT2D eigenvalue weighted by molar-refractivity contribution is -0.106. The average Bonchev–Trinajstić information content (AvgIpc) is 2.16. The van der Waals surface area contributed by atoms with Gasteiger partial charge in [0.1, 0.15) is 0 Å². The first-order valence-electron chi connectivity index (χ1n) is 4.29. The number of halogens is 1. The van der Waals surface area contributed by atoms with Crippen LogP contribution in [-0.2, 0) is 4.79 Å². The van der Waals surface area contributed by atoms with Gasteiger partial charge in [0, 0.05) is 10.7 Å². The van der Waals surface area contributed by atoms with E-state index in [0.717, 1.165) is 12.8 Å². The third kappa shape index (κ3) is 3.39. The molecule has 0 atom stereocenters. The number of aldehydes is 1. The molecule has 1 fully saturated rings. The van der Waals surface area contributed by atoms with Crippen LogP contribution in [0.1, 0.15) is 32.1 Å². The van der Waals surface area contributed by atoms with E-state index in [1.165, 1.54) is 36.4 Å². The lowest BCUT2D eigenvalue weighted by atomic mass is 10.0. The van der Waals surface area contributed by atoms with Crippen molar-refractivity contribution in [2.24, 2.45) is 0 Å². The largest absolute Gasteiger partial charge is 0.295 e. The second-order valence-corrected chi connectivity index (χ2v) is 4.19. The Balaban J connectivity index is 2.25. The molecule has 0 spiro atoms. The fourth-order valence-electron chi connectivity index (χ4n) is 1.39. The van der Waals surface area contributed by atoms with Gasteiger partial charge in [0.05, 0.1) is 0 Å². The van der Waals surface area contributed by atoms with Gasteiger partial charge in [0.25, 0.3) is 0 Å². The third-order valence-electron chi connectivity index (χ3n) is 2.04. The molecule has 0 saturated heterocycles. The van der Waals surface area contributed by atoms with Crippen molar-refractivity contribution in [3.63, 3.8) is 0 Å². The maximum absolute atomic E-state index is 12.4. The molecule has 0 amide bonds. The van der Waals surface area contributed by atoms with Gasteiger partial charge in [-0.2, -0.15) is 0 Å². The van der Waals surface area contributed by atoms with Crippen molar-refractivity contribution in [3.8, 4) is 0 Å². The first kappa shape index (κ1) is 9.78. The molecule has 0 N–H and O–H groups in total. The molecule has 0 unspecified atom stereocenters. The summed E-state index contributed by atoms with van der Waals surface area (Å²) in [6.45, 7) is 0. The maximum atomic E-state index is 12.4. The minimum absolute atomic E-state index is 0.260. The Morgan fingerprint density at radius 2 is 2.00 bits per heavy atom. The van der Waals surface area contributed by atoms with Gasteiger partial charge in [-0.1, -0.05) is 19.3 Å². The van der Waals surface area contributed by atoms with Crippen LogP contribution in [0.25, 0.3) is 0 Å². The summed E-state index contributed by atoms with van der Waals surface area (Å²) in [7, 11) is 0. The molecule has 3 heteroatoms. The Bertz CT molecular complexity index is 173. The van der Waals surface area contributed by atoms with Gasteiger partial charge >= 0.3 is 0 Å². The van der Waals surface area contributed by atoms with Crippen LogP contribution in [0.3, 0.4) is 0 Å². The Kier molecular flexibility index (Phi) is 4.36. The number of hydrogen-bond acceptors (Lipinski definition) is 2.